The molecule has 0 fully saturated rings. The summed E-state index contributed by atoms with van der Waals surface area (Å²) in [4.78, 5) is 13.6. The number of carbonyl (C=O) groups is 1. The maximum absolute atomic E-state index is 14.3. The Bertz CT molecular complexity index is 749. The number of carbonyl (C=O) groups excluding carboxylic acids is 1. The molecule has 2 aromatic rings. The molecular formula is C18H17ClFLiN2O2. The zero-order valence-corrected chi connectivity index (χ0v) is 15.2. The first-order valence-electron chi connectivity index (χ1n) is 7.55. The molecule has 0 saturated heterocycles. The molecule has 0 aliphatic carbocycles. The molecule has 126 valence electrons. The Balaban J connectivity index is 0.00000312. The van der Waals surface area contributed by atoms with Gasteiger partial charge in [-0.05, 0) is 43.7 Å². The average Bonchev–Trinajstić information content (AvgIpc) is 2.56. The van der Waals surface area contributed by atoms with Crippen molar-refractivity contribution < 1.29 is 32.8 Å². The van der Waals surface area contributed by atoms with E-state index < -0.39 is 11.9 Å². The van der Waals surface area contributed by atoms with E-state index in [4.69, 9.17) is 16.3 Å². The van der Waals surface area contributed by atoms with Gasteiger partial charge in [0.1, 0.15) is 11.6 Å². The first-order valence-corrected chi connectivity index (χ1v) is 7.93. The van der Waals surface area contributed by atoms with Crippen molar-refractivity contribution in [3.63, 3.8) is 0 Å². The summed E-state index contributed by atoms with van der Waals surface area (Å²) in [5.74, 6) is -0.730. The van der Waals surface area contributed by atoms with E-state index >= 15 is 0 Å². The standard InChI is InChI=1S/C18H17ClFN2O2.Li/c1-3-22(4-2)18(23)24-15-7-5-6-14(20)16(15)17(21)12-8-10-13(19)11-9-12;/h5-11H,3-4H2,1-2H3;/q-1;+1. The van der Waals surface area contributed by atoms with Crippen LogP contribution in [0.1, 0.15) is 25.0 Å². The van der Waals surface area contributed by atoms with Crippen LogP contribution < -0.4 is 23.6 Å². The summed E-state index contributed by atoms with van der Waals surface area (Å²) in [6.45, 7) is 4.56. The fourth-order valence-electron chi connectivity index (χ4n) is 2.21. The van der Waals surface area contributed by atoms with Crippen molar-refractivity contribution in [2.45, 2.75) is 13.8 Å². The molecule has 0 aromatic heterocycles. The fraction of sp³-hybridized carbons (Fsp3) is 0.222. The van der Waals surface area contributed by atoms with Crippen molar-refractivity contribution in [3.05, 3.63) is 69.8 Å². The molecule has 7 heteroatoms. The van der Waals surface area contributed by atoms with E-state index in [1.165, 1.54) is 23.1 Å². The second-order valence-electron chi connectivity index (χ2n) is 5.01. The largest absolute Gasteiger partial charge is 1.00 e. The Morgan fingerprint density at radius 1 is 1.16 bits per heavy atom. The summed E-state index contributed by atoms with van der Waals surface area (Å²) in [6, 6.07) is 10.3. The van der Waals surface area contributed by atoms with E-state index in [1.807, 2.05) is 13.8 Å². The smallest absolute Gasteiger partial charge is 0.803 e. The molecular weight excluding hydrogens is 338 g/mol. The molecule has 0 radical (unpaired) electrons. The molecule has 0 spiro atoms. The molecule has 0 bridgehead atoms. The minimum Gasteiger partial charge on any atom is -0.803 e. The van der Waals surface area contributed by atoms with Crippen LogP contribution in [-0.4, -0.2) is 29.8 Å². The van der Waals surface area contributed by atoms with Crippen molar-refractivity contribution >= 4 is 23.4 Å². The molecule has 25 heavy (non-hydrogen) atoms. The van der Waals surface area contributed by atoms with E-state index in [-0.39, 0.29) is 35.9 Å². The minimum absolute atomic E-state index is 0. The van der Waals surface area contributed by atoms with Crippen molar-refractivity contribution in [1.29, 1.82) is 0 Å². The molecule has 0 N–H and O–H groups in total. The average molecular weight is 355 g/mol. The Hall–Kier alpha value is -1.80. The van der Waals surface area contributed by atoms with Crippen LogP contribution in [0, 0.1) is 5.82 Å². The van der Waals surface area contributed by atoms with E-state index in [2.05, 4.69) is 0 Å². The molecule has 4 nitrogen and oxygen atoms in total. The first-order chi connectivity index (χ1) is 11.5. The molecule has 0 saturated carbocycles. The van der Waals surface area contributed by atoms with Gasteiger partial charge in [-0.3, -0.25) is 0 Å². The summed E-state index contributed by atoms with van der Waals surface area (Å²) >= 11 is 5.82. The maximum Gasteiger partial charge on any atom is 1.00 e. The minimum atomic E-state index is -0.688. The van der Waals surface area contributed by atoms with Crippen LogP contribution >= 0.6 is 11.6 Å². The van der Waals surface area contributed by atoms with E-state index in [0.29, 0.717) is 23.7 Å². The number of nitrogens with zero attached hydrogens (tertiary/aromatic N) is 2. The predicted octanol–water partition coefficient (Wildman–Crippen LogP) is 1.73. The molecule has 0 heterocycles. The number of hydrogen-bond donors (Lipinski definition) is 0. The molecule has 0 aliphatic heterocycles. The Kier molecular flexibility index (Phi) is 8.17. The van der Waals surface area contributed by atoms with Gasteiger partial charge in [-0.15, -0.1) is 5.71 Å². The topological polar surface area (TPSA) is 51.8 Å². The quantitative estimate of drug-likeness (QED) is 0.606. The molecule has 2 rings (SSSR count). The molecule has 0 unspecified atom stereocenters. The second kappa shape index (κ2) is 9.62. The molecule has 1 amide bonds. The van der Waals surface area contributed by atoms with Gasteiger partial charge in [0.15, 0.2) is 0 Å². The zero-order chi connectivity index (χ0) is 17.7. The van der Waals surface area contributed by atoms with Crippen LogP contribution in [0.5, 0.6) is 5.75 Å². The van der Waals surface area contributed by atoms with Crippen molar-refractivity contribution in [1.82, 2.24) is 4.90 Å². The first kappa shape index (κ1) is 21.2. The van der Waals surface area contributed by atoms with E-state index in [1.54, 1.807) is 24.3 Å². The predicted molar refractivity (Wildman–Crippen MR) is 93.4 cm³/mol. The number of amides is 1. The summed E-state index contributed by atoms with van der Waals surface area (Å²) < 4.78 is 19.5. The summed E-state index contributed by atoms with van der Waals surface area (Å²) in [6.07, 6.45) is -0.601. The Labute approximate surface area is 163 Å². The molecule has 0 atom stereocenters. The van der Waals surface area contributed by atoms with Gasteiger partial charge in [0.25, 0.3) is 0 Å². The number of halogens is 2. The van der Waals surface area contributed by atoms with E-state index in [0.717, 1.165) is 0 Å². The third-order valence-corrected chi connectivity index (χ3v) is 3.80. The molecule has 2 aromatic carbocycles. The van der Waals surface area contributed by atoms with Crippen LogP contribution in [0.2, 0.25) is 5.02 Å². The fourth-order valence-corrected chi connectivity index (χ4v) is 2.34. The van der Waals surface area contributed by atoms with Gasteiger partial charge in [-0.1, -0.05) is 29.8 Å². The van der Waals surface area contributed by atoms with Gasteiger partial charge < -0.3 is 15.0 Å². The van der Waals surface area contributed by atoms with Crippen LogP contribution in [-0.2, 0) is 0 Å². The number of hydrogen-bond acceptors (Lipinski definition) is 2. The Morgan fingerprint density at radius 2 is 1.76 bits per heavy atom. The van der Waals surface area contributed by atoms with Gasteiger partial charge in [0.2, 0.25) is 0 Å². The van der Waals surface area contributed by atoms with Gasteiger partial charge in [-0.2, -0.15) is 0 Å². The number of benzene rings is 2. The van der Waals surface area contributed by atoms with Gasteiger partial charge in [-0.25, -0.2) is 9.18 Å². The van der Waals surface area contributed by atoms with Crippen LogP contribution in [0.25, 0.3) is 5.41 Å². The second-order valence-corrected chi connectivity index (χ2v) is 5.45. The zero-order valence-electron chi connectivity index (χ0n) is 14.4. The van der Waals surface area contributed by atoms with E-state index in [9.17, 15) is 14.6 Å². The van der Waals surface area contributed by atoms with Crippen molar-refractivity contribution in [2.75, 3.05) is 13.1 Å². The van der Waals surface area contributed by atoms with Crippen LogP contribution in [0.15, 0.2) is 42.5 Å². The van der Waals surface area contributed by atoms with Gasteiger partial charge in [0, 0.05) is 23.7 Å². The number of ether oxygens (including phenoxy) is 1. The molecule has 0 aliphatic rings. The normalized spacial score (nSPS) is 9.92. The third-order valence-electron chi connectivity index (χ3n) is 3.55. The van der Waals surface area contributed by atoms with Crippen molar-refractivity contribution in [3.8, 4) is 5.75 Å². The maximum atomic E-state index is 14.3. The summed E-state index contributed by atoms with van der Waals surface area (Å²) in [5, 5.41) is 10.9. The monoisotopic (exact) mass is 354 g/mol. The number of rotatable bonds is 5. The van der Waals surface area contributed by atoms with Crippen molar-refractivity contribution in [2.24, 2.45) is 0 Å². The SMILES string of the molecule is CCN(CC)C(=O)Oc1cccc(F)c1C(=[N-])c1ccc(Cl)cc1.[Li+]. The summed E-state index contributed by atoms with van der Waals surface area (Å²) in [7, 11) is 0. The van der Waals surface area contributed by atoms with Crippen LogP contribution in [0.4, 0.5) is 9.18 Å². The van der Waals surface area contributed by atoms with Gasteiger partial charge >= 0.3 is 25.0 Å². The third kappa shape index (κ3) is 5.09. The van der Waals surface area contributed by atoms with Crippen LogP contribution in [0.3, 0.4) is 0 Å². The summed E-state index contributed by atoms with van der Waals surface area (Å²) in [5.41, 5.74) is -0.128. The van der Waals surface area contributed by atoms with Gasteiger partial charge in [0.05, 0.1) is 0 Å². The Morgan fingerprint density at radius 3 is 2.32 bits per heavy atom.